The minimum absolute atomic E-state index is 0. The summed E-state index contributed by atoms with van der Waals surface area (Å²) in [5, 5.41) is 0. The van der Waals surface area contributed by atoms with Crippen LogP contribution in [0, 0.1) is 6.07 Å². The maximum absolute atomic E-state index is 4.77. The van der Waals surface area contributed by atoms with Crippen molar-refractivity contribution in [3.63, 3.8) is 0 Å². The van der Waals surface area contributed by atoms with Crippen molar-refractivity contribution in [1.29, 1.82) is 0 Å². The van der Waals surface area contributed by atoms with Gasteiger partial charge in [0.1, 0.15) is 0 Å². The van der Waals surface area contributed by atoms with Crippen molar-refractivity contribution in [2.75, 3.05) is 19.0 Å². The minimum Gasteiger partial charge on any atom is -0.347 e. The Balaban J connectivity index is 0.00000289. The fourth-order valence-electron chi connectivity index (χ4n) is 5.15. The van der Waals surface area contributed by atoms with E-state index in [1.54, 1.807) is 0 Å². The van der Waals surface area contributed by atoms with Crippen molar-refractivity contribution in [2.24, 2.45) is 0 Å². The molecule has 2 heterocycles. The number of anilines is 1. The van der Waals surface area contributed by atoms with E-state index in [1.807, 2.05) is 67.7 Å². The molecule has 5 rings (SSSR count). The second-order valence-corrected chi connectivity index (χ2v) is 10.6. The monoisotopic (exact) mass is 641 g/mol. The number of pyridine rings is 1. The van der Waals surface area contributed by atoms with E-state index in [4.69, 9.17) is 9.97 Å². The third-order valence-electron chi connectivity index (χ3n) is 6.65. The first-order valence-electron chi connectivity index (χ1n) is 11.7. The molecule has 1 radical (unpaired) electrons. The van der Waals surface area contributed by atoms with E-state index in [-0.39, 0.29) is 30.9 Å². The van der Waals surface area contributed by atoms with Crippen LogP contribution in [0.25, 0.3) is 34.0 Å². The Bertz CT molecular complexity index is 1350. The molecule has 0 atom stereocenters. The Kier molecular flexibility index (Phi) is 6.65. The van der Waals surface area contributed by atoms with Crippen molar-refractivity contribution in [3.8, 4) is 34.0 Å². The second-order valence-electron chi connectivity index (χ2n) is 10.6. The molecule has 0 aliphatic heterocycles. The van der Waals surface area contributed by atoms with Crippen molar-refractivity contribution in [1.82, 2.24) is 19.9 Å². The maximum Gasteiger partial charge on any atom is 0.228 e. The molecule has 0 saturated carbocycles. The van der Waals surface area contributed by atoms with Crippen LogP contribution >= 0.6 is 0 Å². The van der Waals surface area contributed by atoms with Gasteiger partial charge in [0.15, 0.2) is 11.6 Å². The zero-order valence-corrected chi connectivity index (χ0v) is 23.4. The van der Waals surface area contributed by atoms with Gasteiger partial charge in [-0.25, -0.2) is 4.98 Å². The van der Waals surface area contributed by atoms with Gasteiger partial charge in [-0.05, 0) is 22.9 Å². The molecular formula is C29H30IrN5-. The van der Waals surface area contributed by atoms with Gasteiger partial charge in [-0.3, -0.25) is 0 Å². The van der Waals surface area contributed by atoms with Gasteiger partial charge in [0, 0.05) is 51.5 Å². The maximum atomic E-state index is 4.77. The molecule has 0 bridgehead atoms. The molecule has 0 unspecified atom stereocenters. The van der Waals surface area contributed by atoms with Crippen molar-refractivity contribution in [3.05, 3.63) is 78.0 Å². The van der Waals surface area contributed by atoms with Crippen molar-refractivity contribution >= 4 is 5.95 Å². The predicted octanol–water partition coefficient (Wildman–Crippen LogP) is 6.09. The summed E-state index contributed by atoms with van der Waals surface area (Å²) in [5.74, 6) is 1.87. The summed E-state index contributed by atoms with van der Waals surface area (Å²) in [6.45, 7) is 9.30. The average Bonchev–Trinajstić information content (AvgIpc) is 3.02. The molecule has 1 aliphatic carbocycles. The largest absolute Gasteiger partial charge is 0.347 e. The molecule has 0 fully saturated rings. The Morgan fingerprint density at radius 2 is 1.46 bits per heavy atom. The van der Waals surface area contributed by atoms with Gasteiger partial charge in [-0.2, -0.15) is 9.97 Å². The van der Waals surface area contributed by atoms with Crippen LogP contribution in [-0.2, 0) is 30.9 Å². The molecule has 1 aliphatic rings. The van der Waals surface area contributed by atoms with Crippen LogP contribution in [0.5, 0.6) is 0 Å². The van der Waals surface area contributed by atoms with Crippen molar-refractivity contribution in [2.45, 2.75) is 44.9 Å². The first-order chi connectivity index (χ1) is 16.1. The average molecular weight is 641 g/mol. The summed E-state index contributed by atoms with van der Waals surface area (Å²) in [5.41, 5.74) is 6.84. The first-order valence-corrected chi connectivity index (χ1v) is 11.7. The third kappa shape index (κ3) is 4.78. The number of fused-ring (bicyclic) bond motifs is 1. The Morgan fingerprint density at radius 3 is 2.09 bits per heavy atom. The summed E-state index contributed by atoms with van der Waals surface area (Å²) in [6, 6.07) is 21.9. The van der Waals surface area contributed by atoms with Gasteiger partial charge in [0.25, 0.3) is 0 Å². The SMILES string of the molecule is CN(C)c1nc(-c2ccccc2)nc(-c2ccc(-c3[c-]cc4c(c3)C(C)(C)CC4(C)C)nc2)n1.[Ir]. The van der Waals surface area contributed by atoms with Gasteiger partial charge in [-0.1, -0.05) is 70.2 Å². The number of hydrogen-bond acceptors (Lipinski definition) is 5. The van der Waals surface area contributed by atoms with E-state index in [1.165, 1.54) is 11.1 Å². The topological polar surface area (TPSA) is 54.8 Å². The number of nitrogens with zero attached hydrogens (tertiary/aromatic N) is 5. The van der Waals surface area contributed by atoms with E-state index in [0.29, 0.717) is 17.6 Å². The molecule has 6 heteroatoms. The van der Waals surface area contributed by atoms with Crippen LogP contribution in [0.3, 0.4) is 0 Å². The summed E-state index contributed by atoms with van der Waals surface area (Å²) >= 11 is 0. The Labute approximate surface area is 221 Å². The van der Waals surface area contributed by atoms with Crippen molar-refractivity contribution < 1.29 is 20.1 Å². The second kappa shape index (κ2) is 9.25. The number of rotatable bonds is 4. The van der Waals surface area contributed by atoms with Crippen LogP contribution in [-0.4, -0.2) is 34.0 Å². The van der Waals surface area contributed by atoms with E-state index in [2.05, 4.69) is 55.9 Å². The van der Waals surface area contributed by atoms with E-state index in [9.17, 15) is 0 Å². The smallest absolute Gasteiger partial charge is 0.228 e. The molecule has 5 nitrogen and oxygen atoms in total. The van der Waals surface area contributed by atoms with Gasteiger partial charge in [0.2, 0.25) is 5.95 Å². The van der Waals surface area contributed by atoms with E-state index < -0.39 is 0 Å². The summed E-state index contributed by atoms with van der Waals surface area (Å²) in [6.07, 6.45) is 2.98. The third-order valence-corrected chi connectivity index (χ3v) is 6.65. The standard InChI is InChI=1S/C29H30N5.Ir/c1-28(2)18-29(3,4)23-16-20(12-14-22(23)28)24-15-13-21(17-30-24)26-31-25(19-10-8-7-9-11-19)32-27(33-26)34(5)6;/h7-11,13-17H,18H2,1-6H3;/q-1;. The molecule has 0 N–H and O–H groups in total. The Morgan fingerprint density at radius 1 is 0.800 bits per heavy atom. The number of aromatic nitrogens is 4. The van der Waals surface area contributed by atoms with E-state index >= 15 is 0 Å². The number of hydrogen-bond donors (Lipinski definition) is 0. The van der Waals surface area contributed by atoms with Crippen LogP contribution < -0.4 is 4.90 Å². The van der Waals surface area contributed by atoms with Gasteiger partial charge in [-0.15, -0.1) is 34.9 Å². The predicted molar refractivity (Wildman–Crippen MR) is 138 cm³/mol. The zero-order chi connectivity index (χ0) is 24.1. The molecule has 2 aromatic carbocycles. The quantitative estimate of drug-likeness (QED) is 0.253. The van der Waals surface area contributed by atoms with Gasteiger partial charge in [0.05, 0.1) is 0 Å². The summed E-state index contributed by atoms with van der Waals surface area (Å²) in [4.78, 5) is 20.7. The fourth-order valence-corrected chi connectivity index (χ4v) is 5.15. The summed E-state index contributed by atoms with van der Waals surface area (Å²) in [7, 11) is 3.86. The van der Waals surface area contributed by atoms with Gasteiger partial charge >= 0.3 is 0 Å². The van der Waals surface area contributed by atoms with E-state index in [0.717, 1.165) is 28.8 Å². The van der Waals surface area contributed by atoms with Gasteiger partial charge < -0.3 is 9.88 Å². The summed E-state index contributed by atoms with van der Waals surface area (Å²) < 4.78 is 0. The van der Waals surface area contributed by atoms with Crippen LogP contribution in [0.1, 0.15) is 45.2 Å². The molecule has 0 spiro atoms. The Hall–Kier alpha value is -2.95. The van der Waals surface area contributed by atoms with Crippen LogP contribution in [0.4, 0.5) is 5.95 Å². The molecular weight excluding hydrogens is 611 g/mol. The minimum atomic E-state index is 0. The molecule has 0 saturated heterocycles. The van der Waals surface area contributed by atoms with Crippen LogP contribution in [0.2, 0.25) is 0 Å². The normalized spacial score (nSPS) is 15.3. The number of benzene rings is 2. The molecule has 2 aromatic heterocycles. The molecule has 35 heavy (non-hydrogen) atoms. The molecule has 181 valence electrons. The first kappa shape index (κ1) is 25.2. The fraction of sp³-hybridized carbons (Fsp3) is 0.310. The molecule has 4 aromatic rings. The zero-order valence-electron chi connectivity index (χ0n) is 21.1. The van der Waals surface area contributed by atoms with Crippen LogP contribution in [0.15, 0.2) is 60.8 Å². The molecule has 0 amide bonds.